The molecule has 10 nitrogen and oxygen atoms in total. The average Bonchev–Trinajstić information content (AvgIpc) is 3.26. The Morgan fingerprint density at radius 1 is 0.971 bits per heavy atom. The summed E-state index contributed by atoms with van der Waals surface area (Å²) >= 11 is 0. The summed E-state index contributed by atoms with van der Waals surface area (Å²) in [6.45, 7) is 0.556. The highest BCUT2D eigenvalue weighted by molar-refractivity contribution is 7.89. The van der Waals surface area contributed by atoms with Crippen molar-refractivity contribution in [3.63, 3.8) is 0 Å². The van der Waals surface area contributed by atoms with Gasteiger partial charge in [-0.15, -0.1) is 0 Å². The molecular weight excluding hydrogens is 464 g/mol. The lowest BCUT2D eigenvalue weighted by Gasteiger charge is -2.11. The van der Waals surface area contributed by atoms with E-state index in [0.29, 0.717) is 36.2 Å². The molecule has 0 aliphatic carbocycles. The number of amides is 1. The van der Waals surface area contributed by atoms with E-state index in [4.69, 9.17) is 18.6 Å². The molecule has 2 aromatic carbocycles. The van der Waals surface area contributed by atoms with Gasteiger partial charge in [0.15, 0.2) is 18.1 Å². The van der Waals surface area contributed by atoms with Crippen LogP contribution in [-0.4, -0.2) is 40.1 Å². The zero-order valence-electron chi connectivity index (χ0n) is 18.0. The lowest BCUT2D eigenvalue weighted by molar-refractivity contribution is -0.119. The van der Waals surface area contributed by atoms with Crippen LogP contribution in [0.5, 0.6) is 11.5 Å². The van der Waals surface area contributed by atoms with Crippen LogP contribution in [0.2, 0.25) is 0 Å². The van der Waals surface area contributed by atoms with Gasteiger partial charge in [-0.1, -0.05) is 0 Å². The smallest absolute Gasteiger partial charge is 0.338 e. The Hall–Kier alpha value is -3.83. The number of fused-ring (bicyclic) bond motifs is 1. The van der Waals surface area contributed by atoms with Gasteiger partial charge in [0, 0.05) is 18.2 Å². The first-order valence-corrected chi connectivity index (χ1v) is 11.9. The Bertz CT molecular complexity index is 1250. The fourth-order valence-corrected chi connectivity index (χ4v) is 4.08. The predicted molar refractivity (Wildman–Crippen MR) is 120 cm³/mol. The topological polar surface area (TPSA) is 133 Å². The highest BCUT2D eigenvalue weighted by Crippen LogP contribution is 2.32. The zero-order chi connectivity index (χ0) is 24.0. The van der Waals surface area contributed by atoms with Crippen molar-refractivity contribution in [2.75, 3.05) is 25.1 Å². The number of anilines is 1. The molecule has 2 heterocycles. The standard InChI is InChI=1S/C23H22N2O8S/c26-22(25-17-6-9-20-21(13-17)32-12-2-11-31-20)15-33-23(27)16-4-7-19(8-5-16)34(28,29)24-14-18-3-1-10-30-18/h1,3-10,13,24H,2,11-12,14-15H2,(H,25,26). The van der Waals surface area contributed by atoms with Crippen molar-refractivity contribution in [2.24, 2.45) is 0 Å². The molecule has 0 unspecified atom stereocenters. The summed E-state index contributed by atoms with van der Waals surface area (Å²) in [7, 11) is -3.79. The summed E-state index contributed by atoms with van der Waals surface area (Å²) in [5.74, 6) is 0.295. The molecule has 0 saturated carbocycles. The normalized spacial score (nSPS) is 13.1. The third-order valence-electron chi connectivity index (χ3n) is 4.78. The van der Waals surface area contributed by atoms with Crippen LogP contribution in [-0.2, 0) is 26.1 Å². The van der Waals surface area contributed by atoms with Crippen LogP contribution in [0.25, 0.3) is 0 Å². The Labute approximate surface area is 195 Å². The molecule has 1 aliphatic heterocycles. The van der Waals surface area contributed by atoms with Crippen molar-refractivity contribution in [1.29, 1.82) is 0 Å². The highest BCUT2D eigenvalue weighted by atomic mass is 32.2. The van der Waals surface area contributed by atoms with E-state index in [-0.39, 0.29) is 17.0 Å². The maximum Gasteiger partial charge on any atom is 0.338 e. The average molecular weight is 487 g/mol. The van der Waals surface area contributed by atoms with E-state index >= 15 is 0 Å². The molecule has 178 valence electrons. The largest absolute Gasteiger partial charge is 0.490 e. The lowest BCUT2D eigenvalue weighted by Crippen LogP contribution is -2.23. The number of nitrogens with one attached hydrogen (secondary N) is 2. The van der Waals surface area contributed by atoms with E-state index < -0.39 is 28.5 Å². The Morgan fingerprint density at radius 2 is 1.74 bits per heavy atom. The second-order valence-corrected chi connectivity index (χ2v) is 9.03. The molecule has 0 fully saturated rings. The number of hydrogen-bond acceptors (Lipinski definition) is 8. The van der Waals surface area contributed by atoms with Gasteiger partial charge in [0.2, 0.25) is 10.0 Å². The number of rotatable bonds is 8. The number of hydrogen-bond donors (Lipinski definition) is 2. The molecule has 0 radical (unpaired) electrons. The molecular formula is C23H22N2O8S. The SMILES string of the molecule is O=C(COC(=O)c1ccc(S(=O)(=O)NCc2ccco2)cc1)Nc1ccc2c(c1)OCCCO2. The highest BCUT2D eigenvalue weighted by Gasteiger charge is 2.17. The summed E-state index contributed by atoms with van der Waals surface area (Å²) < 4.78 is 48.4. The fourth-order valence-electron chi connectivity index (χ4n) is 3.09. The van der Waals surface area contributed by atoms with Crippen molar-refractivity contribution in [3.05, 3.63) is 72.2 Å². The summed E-state index contributed by atoms with van der Waals surface area (Å²) in [6, 6.07) is 13.5. The van der Waals surface area contributed by atoms with Crippen LogP contribution < -0.4 is 19.5 Å². The first-order valence-electron chi connectivity index (χ1n) is 10.4. The second-order valence-electron chi connectivity index (χ2n) is 7.26. The quantitative estimate of drug-likeness (QED) is 0.465. The van der Waals surface area contributed by atoms with Crippen molar-refractivity contribution >= 4 is 27.6 Å². The summed E-state index contributed by atoms with van der Waals surface area (Å²) in [6.07, 6.45) is 2.21. The van der Waals surface area contributed by atoms with Gasteiger partial charge in [-0.05, 0) is 48.5 Å². The monoisotopic (exact) mass is 486 g/mol. The van der Waals surface area contributed by atoms with E-state index in [9.17, 15) is 18.0 Å². The maximum absolute atomic E-state index is 12.4. The first-order chi connectivity index (χ1) is 16.4. The molecule has 1 aliphatic rings. The van der Waals surface area contributed by atoms with Crippen molar-refractivity contribution in [3.8, 4) is 11.5 Å². The van der Waals surface area contributed by atoms with E-state index in [2.05, 4.69) is 10.0 Å². The zero-order valence-corrected chi connectivity index (χ0v) is 18.8. The fraction of sp³-hybridized carbons (Fsp3) is 0.217. The number of sulfonamides is 1. The van der Waals surface area contributed by atoms with Crippen molar-refractivity contribution < 1.29 is 36.6 Å². The molecule has 34 heavy (non-hydrogen) atoms. The van der Waals surface area contributed by atoms with Gasteiger partial charge in [0.05, 0.1) is 36.5 Å². The third-order valence-corrected chi connectivity index (χ3v) is 6.20. The number of esters is 1. The number of carbonyl (C=O) groups is 2. The molecule has 0 bridgehead atoms. The van der Waals surface area contributed by atoms with Crippen LogP contribution >= 0.6 is 0 Å². The van der Waals surface area contributed by atoms with Crippen molar-refractivity contribution in [2.45, 2.75) is 17.9 Å². The molecule has 11 heteroatoms. The Kier molecular flexibility index (Phi) is 7.14. The molecule has 0 atom stereocenters. The van der Waals surface area contributed by atoms with Gasteiger partial charge in [-0.2, -0.15) is 0 Å². The van der Waals surface area contributed by atoms with E-state index in [1.807, 2.05) is 0 Å². The molecule has 0 spiro atoms. The minimum Gasteiger partial charge on any atom is -0.490 e. The van der Waals surface area contributed by atoms with Crippen LogP contribution in [0.15, 0.2) is 70.2 Å². The minimum absolute atomic E-state index is 0.00237. The maximum atomic E-state index is 12.4. The number of ether oxygens (including phenoxy) is 3. The van der Waals surface area contributed by atoms with Gasteiger partial charge in [-0.3, -0.25) is 4.79 Å². The Balaban J connectivity index is 1.29. The number of furan rings is 1. The summed E-state index contributed by atoms with van der Waals surface area (Å²) in [4.78, 5) is 24.4. The van der Waals surface area contributed by atoms with Gasteiger partial charge >= 0.3 is 5.97 Å². The first kappa shape index (κ1) is 23.3. The molecule has 0 saturated heterocycles. The van der Waals surface area contributed by atoms with Crippen LogP contribution in [0.1, 0.15) is 22.5 Å². The minimum atomic E-state index is -3.79. The summed E-state index contributed by atoms with van der Waals surface area (Å²) in [5.41, 5.74) is 0.579. The van der Waals surface area contributed by atoms with Gasteiger partial charge in [0.25, 0.3) is 5.91 Å². The second kappa shape index (κ2) is 10.4. The molecule has 1 aromatic heterocycles. The van der Waals surface area contributed by atoms with Crippen LogP contribution in [0, 0.1) is 0 Å². The molecule has 1 amide bonds. The number of carbonyl (C=O) groups excluding carboxylic acids is 2. The molecule has 3 aromatic rings. The van der Waals surface area contributed by atoms with E-state index in [1.165, 1.54) is 30.5 Å². The Morgan fingerprint density at radius 3 is 2.47 bits per heavy atom. The lowest BCUT2D eigenvalue weighted by atomic mass is 10.2. The van der Waals surface area contributed by atoms with Crippen LogP contribution in [0.4, 0.5) is 5.69 Å². The van der Waals surface area contributed by atoms with Gasteiger partial charge in [-0.25, -0.2) is 17.9 Å². The van der Waals surface area contributed by atoms with Gasteiger partial charge in [0.1, 0.15) is 5.76 Å². The predicted octanol–water partition coefficient (Wildman–Crippen LogP) is 2.71. The molecule has 4 rings (SSSR count). The van der Waals surface area contributed by atoms with Crippen LogP contribution in [0.3, 0.4) is 0 Å². The molecule has 2 N–H and O–H groups in total. The summed E-state index contributed by atoms with van der Waals surface area (Å²) in [5, 5.41) is 2.63. The van der Waals surface area contributed by atoms with E-state index in [0.717, 1.165) is 6.42 Å². The number of benzene rings is 2. The van der Waals surface area contributed by atoms with Gasteiger partial charge < -0.3 is 23.9 Å². The third kappa shape index (κ3) is 5.94. The van der Waals surface area contributed by atoms with E-state index in [1.54, 1.807) is 30.3 Å². The van der Waals surface area contributed by atoms with Crippen molar-refractivity contribution in [1.82, 2.24) is 4.72 Å².